The van der Waals surface area contributed by atoms with Crippen LogP contribution in [0.5, 0.6) is 0 Å². The summed E-state index contributed by atoms with van der Waals surface area (Å²) in [5.41, 5.74) is 3.33. The average Bonchev–Trinajstić information content (AvgIpc) is 2.68. The highest BCUT2D eigenvalue weighted by Gasteiger charge is 2.38. The van der Waals surface area contributed by atoms with Crippen LogP contribution in [-0.2, 0) is 11.3 Å². The van der Waals surface area contributed by atoms with E-state index in [9.17, 15) is 18.0 Å². The number of benzene rings is 1. The van der Waals surface area contributed by atoms with Crippen LogP contribution in [-0.4, -0.2) is 69.9 Å². The first-order chi connectivity index (χ1) is 14.0. The monoisotopic (exact) mass is 433 g/mol. The number of rotatable bonds is 6. The Balaban J connectivity index is 0.000000553. The predicted octanol–water partition coefficient (Wildman–Crippen LogP) is 3.13. The van der Waals surface area contributed by atoms with Gasteiger partial charge in [-0.05, 0) is 44.5 Å². The third-order valence-electron chi connectivity index (χ3n) is 4.93. The molecule has 1 heterocycles. The maximum atomic E-state index is 11.4. The minimum Gasteiger partial charge on any atom is -0.475 e. The molecule has 0 saturated carbocycles. The molecular weight excluding hydrogens is 403 g/mol. The number of halogens is 3. The van der Waals surface area contributed by atoms with Gasteiger partial charge >= 0.3 is 12.1 Å². The zero-order valence-corrected chi connectivity index (χ0v) is 17.4. The molecule has 0 bridgehead atoms. The van der Waals surface area contributed by atoms with Crippen LogP contribution in [0.25, 0.3) is 0 Å². The molecule has 0 radical (unpaired) electrons. The largest absolute Gasteiger partial charge is 0.490 e. The van der Waals surface area contributed by atoms with Gasteiger partial charge in [-0.15, -0.1) is 0 Å². The summed E-state index contributed by atoms with van der Waals surface area (Å²) >= 11 is 0. The number of hydroxylamine groups is 1. The van der Waals surface area contributed by atoms with Gasteiger partial charge in [-0.3, -0.25) is 14.9 Å². The van der Waals surface area contributed by atoms with Crippen molar-refractivity contribution in [2.45, 2.75) is 58.4 Å². The van der Waals surface area contributed by atoms with Crippen molar-refractivity contribution in [1.82, 2.24) is 15.3 Å². The van der Waals surface area contributed by atoms with E-state index in [1.165, 1.54) is 24.9 Å². The lowest BCUT2D eigenvalue weighted by atomic mass is 10.0. The van der Waals surface area contributed by atoms with Gasteiger partial charge in [-0.2, -0.15) is 13.2 Å². The van der Waals surface area contributed by atoms with Crippen molar-refractivity contribution < 1.29 is 33.1 Å². The van der Waals surface area contributed by atoms with Crippen molar-refractivity contribution in [1.29, 1.82) is 0 Å². The lowest BCUT2D eigenvalue weighted by Crippen LogP contribution is -2.56. The molecule has 1 aromatic carbocycles. The van der Waals surface area contributed by atoms with Crippen molar-refractivity contribution in [3.8, 4) is 0 Å². The van der Waals surface area contributed by atoms with Crippen LogP contribution >= 0.6 is 0 Å². The second-order valence-electron chi connectivity index (χ2n) is 7.42. The molecule has 0 spiro atoms. The molecular formula is C20H30F3N3O4. The molecule has 1 aliphatic rings. The Morgan fingerprint density at radius 1 is 1.13 bits per heavy atom. The molecule has 1 aromatic rings. The van der Waals surface area contributed by atoms with Gasteiger partial charge in [0.25, 0.3) is 5.91 Å². The molecule has 1 fully saturated rings. The minimum absolute atomic E-state index is 0.470. The summed E-state index contributed by atoms with van der Waals surface area (Å²) in [4.78, 5) is 25.4. The SMILES string of the molecule is CCCCN1C[C@@H](C)N(Cc2ccc(C(=O)NO)cc2)[C@@H](C)C1.O=C(O)C(F)(F)F. The van der Waals surface area contributed by atoms with E-state index in [1.54, 1.807) is 17.6 Å². The van der Waals surface area contributed by atoms with E-state index in [0.717, 1.165) is 19.6 Å². The van der Waals surface area contributed by atoms with Crippen molar-refractivity contribution in [2.75, 3.05) is 19.6 Å². The number of hydrogen-bond donors (Lipinski definition) is 3. The van der Waals surface area contributed by atoms with Crippen LogP contribution < -0.4 is 5.48 Å². The number of carboxylic acid groups (broad SMARTS) is 1. The van der Waals surface area contributed by atoms with E-state index < -0.39 is 18.1 Å². The Morgan fingerprint density at radius 3 is 2.03 bits per heavy atom. The first-order valence-electron chi connectivity index (χ1n) is 9.81. The topological polar surface area (TPSA) is 93.1 Å². The smallest absolute Gasteiger partial charge is 0.475 e. The van der Waals surface area contributed by atoms with Gasteiger partial charge in [0, 0.05) is 37.3 Å². The van der Waals surface area contributed by atoms with E-state index >= 15 is 0 Å². The second-order valence-corrected chi connectivity index (χ2v) is 7.42. The fraction of sp³-hybridized carbons (Fsp3) is 0.600. The summed E-state index contributed by atoms with van der Waals surface area (Å²) in [7, 11) is 0. The van der Waals surface area contributed by atoms with Gasteiger partial charge < -0.3 is 10.0 Å². The molecule has 7 nitrogen and oxygen atoms in total. The first-order valence-corrected chi connectivity index (χ1v) is 9.81. The number of alkyl halides is 3. The number of amides is 1. The van der Waals surface area contributed by atoms with Crippen molar-refractivity contribution in [3.63, 3.8) is 0 Å². The van der Waals surface area contributed by atoms with E-state index in [-0.39, 0.29) is 0 Å². The number of nitrogens with zero attached hydrogens (tertiary/aromatic N) is 2. The molecule has 0 aliphatic carbocycles. The minimum atomic E-state index is -5.08. The summed E-state index contributed by atoms with van der Waals surface area (Å²) in [5, 5.41) is 15.8. The molecule has 10 heteroatoms. The average molecular weight is 433 g/mol. The third kappa shape index (κ3) is 8.29. The number of carbonyl (C=O) groups is 2. The number of aliphatic carboxylic acids is 1. The quantitative estimate of drug-likeness (QED) is 0.472. The molecule has 30 heavy (non-hydrogen) atoms. The second kappa shape index (κ2) is 11.9. The summed E-state index contributed by atoms with van der Waals surface area (Å²) in [6.45, 7) is 11.2. The zero-order chi connectivity index (χ0) is 22.9. The van der Waals surface area contributed by atoms with Crippen LogP contribution in [0, 0.1) is 0 Å². The Bertz CT molecular complexity index is 671. The van der Waals surface area contributed by atoms with Gasteiger partial charge in [-0.25, -0.2) is 10.3 Å². The van der Waals surface area contributed by atoms with Gasteiger partial charge in [0.05, 0.1) is 0 Å². The van der Waals surface area contributed by atoms with E-state index in [4.69, 9.17) is 15.1 Å². The van der Waals surface area contributed by atoms with Crippen LogP contribution in [0.3, 0.4) is 0 Å². The van der Waals surface area contributed by atoms with Crippen molar-refractivity contribution in [2.24, 2.45) is 0 Å². The van der Waals surface area contributed by atoms with Gasteiger partial charge in [0.1, 0.15) is 0 Å². The summed E-state index contributed by atoms with van der Waals surface area (Å²) in [6.07, 6.45) is -2.56. The number of hydrogen-bond acceptors (Lipinski definition) is 5. The lowest BCUT2D eigenvalue weighted by Gasteiger charge is -2.44. The Labute approximate surface area is 174 Å². The summed E-state index contributed by atoms with van der Waals surface area (Å²) < 4.78 is 31.7. The Hall–Kier alpha value is -2.17. The maximum Gasteiger partial charge on any atom is 0.490 e. The standard InChI is InChI=1S/C18H29N3O2.C2HF3O2/c1-4-5-10-20-11-14(2)21(15(3)12-20)13-16-6-8-17(9-7-16)18(22)19-23;3-2(4,5)1(6)7/h6-9,14-15,23H,4-5,10-13H2,1-3H3,(H,19,22);(H,6,7)/t14-,15+;. The molecule has 1 saturated heterocycles. The summed E-state index contributed by atoms with van der Waals surface area (Å²) in [6, 6.07) is 8.49. The van der Waals surface area contributed by atoms with Crippen LogP contribution in [0.4, 0.5) is 13.2 Å². The number of piperazine rings is 1. The lowest BCUT2D eigenvalue weighted by molar-refractivity contribution is -0.192. The van der Waals surface area contributed by atoms with Crippen LogP contribution in [0.15, 0.2) is 24.3 Å². The fourth-order valence-electron chi connectivity index (χ4n) is 3.38. The number of carbonyl (C=O) groups excluding carboxylic acids is 1. The maximum absolute atomic E-state index is 11.4. The van der Waals surface area contributed by atoms with Gasteiger partial charge in [0.15, 0.2) is 0 Å². The van der Waals surface area contributed by atoms with E-state index in [1.807, 2.05) is 12.1 Å². The number of carboxylic acids is 1. The van der Waals surface area contributed by atoms with Crippen LogP contribution in [0.2, 0.25) is 0 Å². The van der Waals surface area contributed by atoms with E-state index in [0.29, 0.717) is 17.6 Å². The van der Waals surface area contributed by atoms with Crippen molar-refractivity contribution in [3.05, 3.63) is 35.4 Å². The molecule has 1 aliphatic heterocycles. The highest BCUT2D eigenvalue weighted by atomic mass is 19.4. The van der Waals surface area contributed by atoms with Gasteiger partial charge in [-0.1, -0.05) is 25.5 Å². The fourth-order valence-corrected chi connectivity index (χ4v) is 3.38. The Kier molecular flexibility index (Phi) is 10.2. The highest BCUT2D eigenvalue weighted by molar-refractivity contribution is 5.93. The first kappa shape index (κ1) is 25.9. The molecule has 0 aromatic heterocycles. The highest BCUT2D eigenvalue weighted by Crippen LogP contribution is 2.20. The van der Waals surface area contributed by atoms with Crippen LogP contribution in [0.1, 0.15) is 49.5 Å². The molecule has 3 N–H and O–H groups in total. The van der Waals surface area contributed by atoms with Gasteiger partial charge in [0.2, 0.25) is 0 Å². The molecule has 2 rings (SSSR count). The normalized spacial score (nSPS) is 20.2. The molecule has 2 atom stereocenters. The van der Waals surface area contributed by atoms with Crippen molar-refractivity contribution >= 4 is 11.9 Å². The molecule has 1 amide bonds. The molecule has 0 unspecified atom stereocenters. The van der Waals surface area contributed by atoms with E-state index in [2.05, 4.69) is 30.6 Å². The number of nitrogens with one attached hydrogen (secondary N) is 1. The Morgan fingerprint density at radius 2 is 1.63 bits per heavy atom. The predicted molar refractivity (Wildman–Crippen MR) is 105 cm³/mol. The third-order valence-corrected chi connectivity index (χ3v) is 4.93. The zero-order valence-electron chi connectivity index (χ0n) is 17.4. The number of unbranched alkanes of at least 4 members (excludes halogenated alkanes) is 1. The molecule has 170 valence electrons. The summed E-state index contributed by atoms with van der Waals surface area (Å²) in [5.74, 6) is -3.23.